The van der Waals surface area contributed by atoms with Crippen molar-refractivity contribution in [3.63, 3.8) is 0 Å². The second kappa shape index (κ2) is 10.2. The first-order valence-electron chi connectivity index (χ1n) is 9.97. The number of sulfonamides is 1. The summed E-state index contributed by atoms with van der Waals surface area (Å²) >= 11 is 0. The summed E-state index contributed by atoms with van der Waals surface area (Å²) in [5, 5.41) is 2.51. The van der Waals surface area contributed by atoms with Crippen LogP contribution in [0.2, 0.25) is 0 Å². The van der Waals surface area contributed by atoms with Gasteiger partial charge in [0.1, 0.15) is 17.3 Å². The quantitative estimate of drug-likeness (QED) is 0.637. The zero-order valence-electron chi connectivity index (χ0n) is 18.0. The van der Waals surface area contributed by atoms with Crippen LogP contribution in [-0.2, 0) is 14.8 Å². The highest BCUT2D eigenvalue weighted by molar-refractivity contribution is 7.89. The van der Waals surface area contributed by atoms with Gasteiger partial charge in [-0.1, -0.05) is 13.8 Å². The molecule has 1 fully saturated rings. The molecule has 1 aromatic rings. The molecule has 2 rings (SSSR count). The molecule has 0 spiro atoms. The summed E-state index contributed by atoms with van der Waals surface area (Å²) in [6.07, 6.45) is -3.52. The third kappa shape index (κ3) is 7.08. The van der Waals surface area contributed by atoms with Crippen LogP contribution < -0.4 is 10.1 Å². The molecule has 11 heteroatoms. The number of ether oxygens (including phenoxy) is 2. The first kappa shape index (κ1) is 25.4. The Hall–Kier alpha value is -1.85. The third-order valence-corrected chi connectivity index (χ3v) is 6.74. The van der Waals surface area contributed by atoms with E-state index in [9.17, 15) is 26.4 Å². The van der Waals surface area contributed by atoms with E-state index in [1.807, 2.05) is 13.8 Å². The zero-order chi connectivity index (χ0) is 23.4. The average molecular weight is 467 g/mol. The van der Waals surface area contributed by atoms with Gasteiger partial charge in [-0.15, -0.1) is 0 Å². The van der Waals surface area contributed by atoms with Gasteiger partial charge < -0.3 is 14.8 Å². The molecule has 1 aliphatic heterocycles. The summed E-state index contributed by atoms with van der Waals surface area (Å²) in [5.41, 5.74) is 0.0557. The van der Waals surface area contributed by atoms with E-state index in [2.05, 4.69) is 10.1 Å². The minimum absolute atomic E-state index is 0.0557. The monoisotopic (exact) mass is 466 g/mol. The fourth-order valence-electron chi connectivity index (χ4n) is 3.66. The second-order valence-corrected chi connectivity index (χ2v) is 10.0. The van der Waals surface area contributed by atoms with E-state index in [1.165, 1.54) is 36.5 Å². The van der Waals surface area contributed by atoms with E-state index in [-0.39, 0.29) is 34.7 Å². The Morgan fingerprint density at radius 1 is 1.26 bits per heavy atom. The molecule has 3 unspecified atom stereocenters. The molecule has 1 amide bonds. The summed E-state index contributed by atoms with van der Waals surface area (Å²) in [6.45, 7) is 4.47. The van der Waals surface area contributed by atoms with Crippen molar-refractivity contribution in [1.82, 2.24) is 9.62 Å². The van der Waals surface area contributed by atoms with Crippen molar-refractivity contribution in [1.29, 1.82) is 0 Å². The minimum Gasteiger partial charge on any atom is -0.495 e. The Kier molecular flexibility index (Phi) is 8.34. The normalized spacial score (nSPS) is 21.5. The van der Waals surface area contributed by atoms with Crippen LogP contribution in [0.1, 0.15) is 37.6 Å². The van der Waals surface area contributed by atoms with Gasteiger partial charge >= 0.3 is 6.18 Å². The Labute approximate surface area is 180 Å². The molecule has 1 saturated heterocycles. The lowest BCUT2D eigenvalue weighted by Crippen LogP contribution is -2.42. The minimum atomic E-state index is -4.45. The van der Waals surface area contributed by atoms with Crippen LogP contribution in [0.15, 0.2) is 23.1 Å². The molecular weight excluding hydrogens is 437 g/mol. The highest BCUT2D eigenvalue weighted by atomic mass is 32.2. The molecule has 176 valence electrons. The number of hydrogen-bond donors (Lipinski definition) is 1. The number of carbonyl (C=O) groups excluding carboxylic acids is 1. The largest absolute Gasteiger partial charge is 0.495 e. The van der Waals surface area contributed by atoms with E-state index < -0.39 is 34.8 Å². The van der Waals surface area contributed by atoms with Crippen molar-refractivity contribution in [2.75, 3.05) is 33.4 Å². The third-order valence-electron chi connectivity index (χ3n) is 4.89. The van der Waals surface area contributed by atoms with E-state index in [1.54, 1.807) is 0 Å². The van der Waals surface area contributed by atoms with Crippen LogP contribution in [0.3, 0.4) is 0 Å². The Morgan fingerprint density at radius 2 is 1.87 bits per heavy atom. The average Bonchev–Trinajstić information content (AvgIpc) is 2.65. The second-order valence-electron chi connectivity index (χ2n) is 8.14. The molecule has 0 radical (unpaired) electrons. The van der Waals surface area contributed by atoms with Crippen LogP contribution >= 0.6 is 0 Å². The van der Waals surface area contributed by atoms with Gasteiger partial charge in [0.25, 0.3) is 5.91 Å². The molecule has 0 aliphatic carbocycles. The maximum Gasteiger partial charge on any atom is 0.411 e. The lowest BCUT2D eigenvalue weighted by atomic mass is 9.94. The number of nitrogens with one attached hydrogen (secondary N) is 1. The highest BCUT2D eigenvalue weighted by Gasteiger charge is 2.34. The van der Waals surface area contributed by atoms with E-state index in [0.29, 0.717) is 13.1 Å². The molecule has 0 saturated carbocycles. The van der Waals surface area contributed by atoms with Crippen molar-refractivity contribution < 1.29 is 35.9 Å². The van der Waals surface area contributed by atoms with E-state index in [4.69, 9.17) is 4.74 Å². The number of alkyl halides is 3. The number of nitrogens with zero attached hydrogens (tertiary/aromatic N) is 1. The molecule has 0 bridgehead atoms. The lowest BCUT2D eigenvalue weighted by molar-refractivity contribution is -0.174. The molecular formula is C20H29F3N2O5S. The lowest BCUT2D eigenvalue weighted by Gasteiger charge is -2.34. The predicted molar refractivity (Wildman–Crippen MR) is 109 cm³/mol. The molecule has 31 heavy (non-hydrogen) atoms. The van der Waals surface area contributed by atoms with Gasteiger partial charge in [-0.2, -0.15) is 17.5 Å². The molecule has 7 nitrogen and oxygen atoms in total. The van der Waals surface area contributed by atoms with Crippen LogP contribution in [0, 0.1) is 11.8 Å². The summed E-state index contributed by atoms with van der Waals surface area (Å²) in [6, 6.07) is 3.32. The van der Waals surface area contributed by atoms with Crippen LogP contribution in [0.5, 0.6) is 5.75 Å². The van der Waals surface area contributed by atoms with E-state index >= 15 is 0 Å². The predicted octanol–water partition coefficient (Wildman–Crippen LogP) is 3.06. The number of halogens is 3. The Bertz CT molecular complexity index is 866. The van der Waals surface area contributed by atoms with Gasteiger partial charge in [-0.25, -0.2) is 8.42 Å². The Morgan fingerprint density at radius 3 is 2.42 bits per heavy atom. The summed E-state index contributed by atoms with van der Waals surface area (Å²) in [5.74, 6) is -0.103. The zero-order valence-corrected chi connectivity index (χ0v) is 18.8. The number of hydrogen-bond acceptors (Lipinski definition) is 5. The summed E-state index contributed by atoms with van der Waals surface area (Å²) < 4.78 is 74.3. The summed E-state index contributed by atoms with van der Waals surface area (Å²) in [4.78, 5) is 12.4. The van der Waals surface area contributed by atoms with Crippen LogP contribution in [0.4, 0.5) is 13.2 Å². The maximum absolute atomic E-state index is 13.3. The number of carbonyl (C=O) groups is 1. The molecule has 0 aromatic heterocycles. The van der Waals surface area contributed by atoms with Gasteiger partial charge in [-0.3, -0.25) is 4.79 Å². The topological polar surface area (TPSA) is 84.9 Å². The van der Waals surface area contributed by atoms with Crippen LogP contribution in [-0.4, -0.2) is 64.3 Å². The number of methoxy groups -OCH3 is 1. The maximum atomic E-state index is 13.3. The number of piperidine rings is 1. The fraction of sp³-hybridized carbons (Fsp3) is 0.650. The van der Waals surface area contributed by atoms with Crippen molar-refractivity contribution in [3.8, 4) is 5.75 Å². The van der Waals surface area contributed by atoms with Crippen molar-refractivity contribution in [2.24, 2.45) is 11.8 Å². The standard InChI is InChI=1S/C20H29F3N2O5S/c1-13-7-14(2)10-25(9-13)31(27,28)18-8-16(5-6-17(18)29-4)19(26)24-15(3)11-30-12-20(21,22)23/h5-6,8,13-15H,7,9-12H2,1-4H3,(H,24,26). The smallest absolute Gasteiger partial charge is 0.411 e. The molecule has 1 aromatic carbocycles. The fourth-order valence-corrected chi connectivity index (χ4v) is 5.52. The van der Waals surface area contributed by atoms with Gasteiger partial charge in [0, 0.05) is 24.7 Å². The number of amides is 1. The number of benzene rings is 1. The van der Waals surface area contributed by atoms with Gasteiger partial charge in [0.05, 0.1) is 13.7 Å². The van der Waals surface area contributed by atoms with Crippen molar-refractivity contribution >= 4 is 15.9 Å². The van der Waals surface area contributed by atoms with Gasteiger partial charge in [0.15, 0.2) is 0 Å². The van der Waals surface area contributed by atoms with Gasteiger partial charge in [-0.05, 0) is 43.4 Å². The van der Waals surface area contributed by atoms with Crippen LogP contribution in [0.25, 0.3) is 0 Å². The van der Waals surface area contributed by atoms with Crippen molar-refractivity contribution in [2.45, 2.75) is 44.3 Å². The first-order valence-corrected chi connectivity index (χ1v) is 11.4. The van der Waals surface area contributed by atoms with Gasteiger partial charge in [0.2, 0.25) is 10.0 Å². The van der Waals surface area contributed by atoms with Crippen molar-refractivity contribution in [3.05, 3.63) is 23.8 Å². The number of rotatable bonds is 8. The molecule has 3 atom stereocenters. The highest BCUT2D eigenvalue weighted by Crippen LogP contribution is 2.32. The van der Waals surface area contributed by atoms with E-state index in [0.717, 1.165) is 6.42 Å². The first-order chi connectivity index (χ1) is 14.3. The summed E-state index contributed by atoms with van der Waals surface area (Å²) in [7, 11) is -2.56. The molecule has 1 N–H and O–H groups in total. The molecule has 1 aliphatic rings. The SMILES string of the molecule is COc1ccc(C(=O)NC(C)COCC(F)(F)F)cc1S(=O)(=O)N1CC(C)CC(C)C1. The molecule has 1 heterocycles. The Balaban J connectivity index is 2.18.